The molecular weight excluding hydrogens is 232 g/mol. The molecule has 0 atom stereocenters. The maximum absolute atomic E-state index is 3.75. The summed E-state index contributed by atoms with van der Waals surface area (Å²) < 4.78 is 0. The van der Waals surface area contributed by atoms with Crippen molar-refractivity contribution < 1.29 is 0 Å². The second-order valence-electron chi connectivity index (χ2n) is 6.35. The van der Waals surface area contributed by atoms with Gasteiger partial charge in [-0.05, 0) is 52.2 Å². The van der Waals surface area contributed by atoms with Crippen molar-refractivity contribution in [2.24, 2.45) is 0 Å². The fourth-order valence-electron chi connectivity index (χ4n) is 3.38. The first-order valence-corrected chi connectivity index (χ1v) is 8.71. The quantitative estimate of drug-likeness (QED) is 0.597. The van der Waals surface area contributed by atoms with Gasteiger partial charge in [0.25, 0.3) is 0 Å². The molecule has 0 unspecified atom stereocenters. The summed E-state index contributed by atoms with van der Waals surface area (Å²) in [4.78, 5) is 2.61. The molecule has 0 saturated heterocycles. The Kier molecular flexibility index (Phi) is 9.54. The predicted octanol–water partition coefficient (Wildman–Crippen LogP) is 4.20. The first kappa shape index (κ1) is 17.0. The lowest BCUT2D eigenvalue weighted by atomic mass is 9.94. The van der Waals surface area contributed by atoms with Crippen molar-refractivity contribution in [3.63, 3.8) is 0 Å². The molecule has 114 valence electrons. The van der Waals surface area contributed by atoms with Crippen molar-refractivity contribution in [1.82, 2.24) is 10.2 Å². The zero-order chi connectivity index (χ0) is 13.9. The van der Waals surface area contributed by atoms with Gasteiger partial charge >= 0.3 is 0 Å². The van der Waals surface area contributed by atoms with Crippen LogP contribution in [-0.2, 0) is 0 Å². The molecule has 0 aromatic rings. The second kappa shape index (κ2) is 10.7. The summed E-state index contributed by atoms with van der Waals surface area (Å²) in [6.45, 7) is 7.05. The van der Waals surface area contributed by atoms with Gasteiger partial charge < -0.3 is 10.2 Å². The molecule has 0 spiro atoms. The molecule has 19 heavy (non-hydrogen) atoms. The molecule has 0 aromatic heterocycles. The Labute approximate surface area is 121 Å². The molecule has 0 aliphatic heterocycles. The molecule has 1 aliphatic carbocycles. The van der Waals surface area contributed by atoms with E-state index in [-0.39, 0.29) is 0 Å². The Morgan fingerprint density at radius 1 is 1.05 bits per heavy atom. The Hall–Kier alpha value is -0.0800. The second-order valence-corrected chi connectivity index (χ2v) is 6.35. The third-order valence-corrected chi connectivity index (χ3v) is 4.59. The monoisotopic (exact) mass is 268 g/mol. The van der Waals surface area contributed by atoms with E-state index < -0.39 is 0 Å². The fraction of sp³-hybridized carbons (Fsp3) is 1.00. The number of hydrogen-bond acceptors (Lipinski definition) is 2. The molecule has 0 bridgehead atoms. The van der Waals surface area contributed by atoms with Crippen molar-refractivity contribution in [1.29, 1.82) is 0 Å². The summed E-state index contributed by atoms with van der Waals surface area (Å²) in [5.74, 6) is 0. The molecule has 1 aliphatic rings. The summed E-state index contributed by atoms with van der Waals surface area (Å²) in [6, 6.07) is 1.63. The van der Waals surface area contributed by atoms with Crippen molar-refractivity contribution in [3.8, 4) is 0 Å². The highest BCUT2D eigenvalue weighted by Crippen LogP contribution is 2.21. The average molecular weight is 268 g/mol. The molecule has 1 saturated carbocycles. The number of nitrogens with zero attached hydrogens (tertiary/aromatic N) is 1. The van der Waals surface area contributed by atoms with E-state index in [1.807, 2.05) is 0 Å². The van der Waals surface area contributed by atoms with Crippen LogP contribution in [0.4, 0.5) is 0 Å². The minimum atomic E-state index is 0.759. The Balaban J connectivity index is 2.07. The van der Waals surface area contributed by atoms with Crippen LogP contribution in [0.3, 0.4) is 0 Å². The van der Waals surface area contributed by atoms with Gasteiger partial charge in [0.2, 0.25) is 0 Å². The van der Waals surface area contributed by atoms with Crippen LogP contribution in [0.1, 0.15) is 78.1 Å². The third-order valence-electron chi connectivity index (χ3n) is 4.59. The van der Waals surface area contributed by atoms with E-state index >= 15 is 0 Å². The molecule has 1 rings (SSSR count). The topological polar surface area (TPSA) is 15.3 Å². The van der Waals surface area contributed by atoms with Crippen LogP contribution in [0, 0.1) is 0 Å². The van der Waals surface area contributed by atoms with Crippen LogP contribution in [0.2, 0.25) is 0 Å². The zero-order valence-corrected chi connectivity index (χ0v) is 13.6. The normalized spacial score (nSPS) is 17.5. The van der Waals surface area contributed by atoms with Gasteiger partial charge in [0.15, 0.2) is 0 Å². The summed E-state index contributed by atoms with van der Waals surface area (Å²) in [7, 11) is 2.32. The van der Waals surface area contributed by atoms with Gasteiger partial charge in [-0.3, -0.25) is 0 Å². The minimum absolute atomic E-state index is 0.759. The third kappa shape index (κ3) is 7.31. The lowest BCUT2D eigenvalue weighted by Gasteiger charge is -2.31. The highest BCUT2D eigenvalue weighted by Gasteiger charge is 2.17. The summed E-state index contributed by atoms with van der Waals surface area (Å²) in [6.07, 6.45) is 13.8. The van der Waals surface area contributed by atoms with Gasteiger partial charge in [0.05, 0.1) is 0 Å². The predicted molar refractivity (Wildman–Crippen MR) is 85.7 cm³/mol. The number of nitrogens with one attached hydrogen (secondary N) is 1. The number of rotatable bonds is 10. The highest BCUT2D eigenvalue weighted by atomic mass is 15.1. The summed E-state index contributed by atoms with van der Waals surface area (Å²) in [5.41, 5.74) is 0. The van der Waals surface area contributed by atoms with E-state index in [2.05, 4.69) is 31.1 Å². The van der Waals surface area contributed by atoms with Crippen molar-refractivity contribution in [2.45, 2.75) is 90.1 Å². The van der Waals surface area contributed by atoms with Crippen LogP contribution in [0.25, 0.3) is 0 Å². The number of hydrogen-bond donors (Lipinski definition) is 1. The molecule has 2 heteroatoms. The van der Waals surface area contributed by atoms with E-state index in [9.17, 15) is 0 Å². The first-order valence-electron chi connectivity index (χ1n) is 8.71. The van der Waals surface area contributed by atoms with E-state index in [1.54, 1.807) is 0 Å². The maximum atomic E-state index is 3.75. The minimum Gasteiger partial charge on any atom is -0.314 e. The van der Waals surface area contributed by atoms with E-state index in [4.69, 9.17) is 0 Å². The smallest absolute Gasteiger partial charge is 0.00922 e. The van der Waals surface area contributed by atoms with Crippen LogP contribution >= 0.6 is 0 Å². The van der Waals surface area contributed by atoms with E-state index in [1.165, 1.54) is 77.3 Å². The van der Waals surface area contributed by atoms with Gasteiger partial charge in [-0.25, -0.2) is 0 Å². The molecule has 1 fully saturated rings. The zero-order valence-electron chi connectivity index (χ0n) is 13.6. The lowest BCUT2D eigenvalue weighted by Crippen LogP contribution is -2.36. The Bertz CT molecular complexity index is 193. The average Bonchev–Trinajstić information content (AvgIpc) is 2.44. The highest BCUT2D eigenvalue weighted by molar-refractivity contribution is 4.74. The van der Waals surface area contributed by atoms with Crippen molar-refractivity contribution >= 4 is 0 Å². The van der Waals surface area contributed by atoms with E-state index in [0.29, 0.717) is 0 Å². The molecule has 0 radical (unpaired) electrons. The van der Waals surface area contributed by atoms with Gasteiger partial charge in [-0.1, -0.05) is 46.0 Å². The first-order chi connectivity index (χ1) is 9.27. The molecular formula is C17H36N2. The Morgan fingerprint density at radius 3 is 2.26 bits per heavy atom. The van der Waals surface area contributed by atoms with E-state index in [0.717, 1.165) is 12.1 Å². The summed E-state index contributed by atoms with van der Waals surface area (Å²) in [5, 5.41) is 3.75. The summed E-state index contributed by atoms with van der Waals surface area (Å²) >= 11 is 0. The van der Waals surface area contributed by atoms with Crippen molar-refractivity contribution in [3.05, 3.63) is 0 Å². The van der Waals surface area contributed by atoms with Crippen LogP contribution in [0.15, 0.2) is 0 Å². The molecule has 0 aromatic carbocycles. The van der Waals surface area contributed by atoms with Crippen LogP contribution in [-0.4, -0.2) is 37.1 Å². The van der Waals surface area contributed by atoms with Crippen LogP contribution in [0.5, 0.6) is 0 Å². The van der Waals surface area contributed by atoms with Crippen molar-refractivity contribution in [2.75, 3.05) is 20.1 Å². The standard InChI is InChI=1S/C17H36N2/c1-4-10-16(11-5-2)18-14-9-15-19(3)17-12-7-6-8-13-17/h16-18H,4-15H2,1-3H3. The SMILES string of the molecule is CCCC(CCC)NCCCN(C)C1CCCCC1. The largest absolute Gasteiger partial charge is 0.314 e. The van der Waals surface area contributed by atoms with Crippen LogP contribution < -0.4 is 5.32 Å². The Morgan fingerprint density at radius 2 is 1.68 bits per heavy atom. The molecule has 2 nitrogen and oxygen atoms in total. The molecule has 0 amide bonds. The molecule has 0 heterocycles. The van der Waals surface area contributed by atoms with Gasteiger partial charge in [0.1, 0.15) is 0 Å². The fourth-order valence-corrected chi connectivity index (χ4v) is 3.38. The lowest BCUT2D eigenvalue weighted by molar-refractivity contribution is 0.189. The van der Waals surface area contributed by atoms with Gasteiger partial charge in [-0.15, -0.1) is 0 Å². The molecule has 1 N–H and O–H groups in total. The van der Waals surface area contributed by atoms with Gasteiger partial charge in [0, 0.05) is 12.1 Å². The maximum Gasteiger partial charge on any atom is 0.00922 e. The van der Waals surface area contributed by atoms with Gasteiger partial charge in [-0.2, -0.15) is 0 Å².